The van der Waals surface area contributed by atoms with Crippen LogP contribution in [0.1, 0.15) is 163 Å². The minimum atomic E-state index is 0.000000000000000222. The summed E-state index contributed by atoms with van der Waals surface area (Å²) < 4.78 is 0. The van der Waals surface area contributed by atoms with Gasteiger partial charge in [0.2, 0.25) is 0 Å². The van der Waals surface area contributed by atoms with Gasteiger partial charge in [0.15, 0.2) is 5.11 Å². The molecule has 0 aromatic rings. The van der Waals surface area contributed by atoms with E-state index in [0.29, 0.717) is 23.9 Å². The fourth-order valence-electron chi connectivity index (χ4n) is 3.60. The van der Waals surface area contributed by atoms with Crippen molar-refractivity contribution in [2.75, 3.05) is 0 Å². The van der Waals surface area contributed by atoms with Gasteiger partial charge in [-0.3, -0.25) is 9.59 Å². The molecule has 1 unspecified atom stereocenters. The van der Waals surface area contributed by atoms with E-state index in [1.165, 1.54) is 77.0 Å². The molecule has 1 atom stereocenters. The third-order valence-electron chi connectivity index (χ3n) is 6.02. The van der Waals surface area contributed by atoms with Crippen LogP contribution in [0.5, 0.6) is 0 Å². The van der Waals surface area contributed by atoms with Gasteiger partial charge in [-0.1, -0.05) is 125 Å². The first kappa shape index (κ1) is 37.6. The van der Waals surface area contributed by atoms with E-state index in [9.17, 15) is 9.59 Å². The topological polar surface area (TPSA) is 86.2 Å². The van der Waals surface area contributed by atoms with Gasteiger partial charge in [-0.15, -0.1) is 0 Å². The van der Waals surface area contributed by atoms with Gasteiger partial charge in [0.25, 0.3) is 0 Å². The van der Waals surface area contributed by atoms with Gasteiger partial charge < -0.3 is 11.5 Å². The van der Waals surface area contributed by atoms with Crippen molar-refractivity contribution in [3.8, 4) is 0 Å². The van der Waals surface area contributed by atoms with Gasteiger partial charge in [-0.2, -0.15) is 0 Å². The van der Waals surface area contributed by atoms with Crippen LogP contribution in [0.25, 0.3) is 0 Å². The molecule has 5 heteroatoms. The molecule has 0 saturated heterocycles. The molecule has 0 fully saturated rings. The molecular weight excluding hydrogens is 440 g/mol. The van der Waals surface area contributed by atoms with E-state index in [-0.39, 0.29) is 5.11 Å². The normalized spacial score (nSPS) is 11.0. The zero-order valence-electron chi connectivity index (χ0n) is 23.6. The van der Waals surface area contributed by atoms with E-state index >= 15 is 0 Å². The molecular formula is C29H60N2O2S. The summed E-state index contributed by atoms with van der Waals surface area (Å²) in [6.07, 6.45) is 24.5. The number of ketones is 2. The second kappa shape index (κ2) is 32.0. The Balaban J connectivity index is -0.000000657. The number of thiocarbonyl (C=S) groups is 1. The maximum absolute atomic E-state index is 11.8. The largest absolute Gasteiger partial charge is 0.377 e. The lowest BCUT2D eigenvalue weighted by Gasteiger charge is -2.09. The summed E-state index contributed by atoms with van der Waals surface area (Å²) >= 11 is 4.09. The van der Waals surface area contributed by atoms with Crippen molar-refractivity contribution < 1.29 is 9.59 Å². The van der Waals surface area contributed by atoms with E-state index in [0.717, 1.165) is 44.9 Å². The van der Waals surface area contributed by atoms with Crippen LogP contribution in [0.3, 0.4) is 0 Å². The first-order chi connectivity index (χ1) is 16.3. The van der Waals surface area contributed by atoms with E-state index in [4.69, 9.17) is 0 Å². The van der Waals surface area contributed by atoms with Crippen molar-refractivity contribution in [3.05, 3.63) is 0 Å². The fraction of sp³-hybridized carbons (Fsp3) is 0.897. The van der Waals surface area contributed by atoms with E-state index in [1.54, 1.807) is 0 Å². The number of carbonyl (C=O) groups excluding carboxylic acids is 2. The Morgan fingerprint density at radius 2 is 0.971 bits per heavy atom. The molecule has 4 nitrogen and oxygen atoms in total. The standard InChI is InChI=1S/C21H42O.C7H14O.CH4N2S/c1-4-6-8-9-10-11-12-13-14-15-16-17-18-20(3)21(22)19-7-5-2;1-3-5-6-7(8)4-2;2-1(3)4/h20H,4-19H2,1-3H3;3-6H2,1-2H3;(H4,2,3,4). The highest BCUT2D eigenvalue weighted by molar-refractivity contribution is 7.80. The van der Waals surface area contributed by atoms with Crippen molar-refractivity contribution >= 4 is 28.9 Å². The first-order valence-corrected chi connectivity index (χ1v) is 14.8. The Morgan fingerprint density at radius 1 is 0.618 bits per heavy atom. The van der Waals surface area contributed by atoms with Crippen molar-refractivity contribution in [2.24, 2.45) is 17.4 Å². The maximum Gasteiger partial charge on any atom is 0.160 e. The van der Waals surface area contributed by atoms with Crippen LogP contribution in [0.15, 0.2) is 0 Å². The van der Waals surface area contributed by atoms with Crippen molar-refractivity contribution in [1.29, 1.82) is 0 Å². The second-order valence-electron chi connectivity index (χ2n) is 9.55. The quantitative estimate of drug-likeness (QED) is 0.121. The lowest BCUT2D eigenvalue weighted by atomic mass is 9.95. The van der Waals surface area contributed by atoms with E-state index in [2.05, 4.69) is 51.4 Å². The molecule has 34 heavy (non-hydrogen) atoms. The Labute approximate surface area is 218 Å². The van der Waals surface area contributed by atoms with Crippen LogP contribution >= 0.6 is 12.2 Å². The molecule has 0 aliphatic heterocycles. The molecule has 0 heterocycles. The monoisotopic (exact) mass is 500 g/mol. The van der Waals surface area contributed by atoms with Crippen molar-refractivity contribution in [3.63, 3.8) is 0 Å². The molecule has 0 aromatic carbocycles. The summed E-state index contributed by atoms with van der Waals surface area (Å²) in [7, 11) is 0. The maximum atomic E-state index is 11.8. The minimum Gasteiger partial charge on any atom is -0.377 e. The predicted octanol–water partition coefficient (Wildman–Crippen LogP) is 8.82. The zero-order valence-corrected chi connectivity index (χ0v) is 24.4. The van der Waals surface area contributed by atoms with Gasteiger partial charge in [0, 0.05) is 25.2 Å². The van der Waals surface area contributed by atoms with Crippen LogP contribution in [0, 0.1) is 5.92 Å². The molecule has 0 bridgehead atoms. The summed E-state index contributed by atoms with van der Waals surface area (Å²) in [6.45, 7) is 10.6. The Bertz CT molecular complexity index is 451. The fourth-order valence-corrected chi connectivity index (χ4v) is 3.60. The number of rotatable bonds is 21. The number of hydrogen-bond acceptors (Lipinski definition) is 3. The van der Waals surface area contributed by atoms with Crippen molar-refractivity contribution in [1.82, 2.24) is 0 Å². The third-order valence-corrected chi connectivity index (χ3v) is 6.02. The van der Waals surface area contributed by atoms with Crippen LogP contribution in [0.4, 0.5) is 0 Å². The minimum absolute atomic E-state index is 0.000000000000000222. The van der Waals surface area contributed by atoms with Gasteiger partial charge in [-0.25, -0.2) is 0 Å². The first-order valence-electron chi connectivity index (χ1n) is 14.4. The predicted molar refractivity (Wildman–Crippen MR) is 155 cm³/mol. The van der Waals surface area contributed by atoms with Crippen LogP contribution in [-0.2, 0) is 9.59 Å². The van der Waals surface area contributed by atoms with Gasteiger partial charge >= 0.3 is 0 Å². The van der Waals surface area contributed by atoms with Gasteiger partial charge in [0.1, 0.15) is 11.6 Å². The van der Waals surface area contributed by atoms with Crippen LogP contribution in [-0.4, -0.2) is 16.7 Å². The average molecular weight is 501 g/mol. The number of nitrogens with two attached hydrogens (primary N) is 2. The molecule has 0 spiro atoms. The molecule has 0 radical (unpaired) electrons. The Hall–Kier alpha value is -0.970. The number of Topliss-reactive ketones (excluding diaryl/α,β-unsaturated/α-hetero) is 2. The molecule has 204 valence electrons. The summed E-state index contributed by atoms with van der Waals surface area (Å²) in [4.78, 5) is 22.4. The Morgan fingerprint density at radius 3 is 1.35 bits per heavy atom. The molecule has 0 amide bonds. The highest BCUT2D eigenvalue weighted by Crippen LogP contribution is 2.16. The SMILES string of the molecule is CCCCC(=O)CC.CCCCCCCCCCCCCCC(C)C(=O)CCCC.NC(N)=S. The van der Waals surface area contributed by atoms with E-state index < -0.39 is 0 Å². The summed E-state index contributed by atoms with van der Waals surface area (Å²) in [5.74, 6) is 1.19. The summed E-state index contributed by atoms with van der Waals surface area (Å²) in [5.41, 5.74) is 9.24. The lowest BCUT2D eigenvalue weighted by Crippen LogP contribution is -2.18. The van der Waals surface area contributed by atoms with Crippen molar-refractivity contribution in [2.45, 2.75) is 163 Å². The Kier molecular flexibility index (Phi) is 35.4. The summed E-state index contributed by atoms with van der Waals surface area (Å²) in [6, 6.07) is 0. The molecule has 0 aromatic heterocycles. The summed E-state index contributed by atoms with van der Waals surface area (Å²) in [5, 5.41) is 0.000000000000000222. The smallest absolute Gasteiger partial charge is 0.160 e. The number of unbranched alkanes of at least 4 members (excludes halogenated alkanes) is 13. The zero-order chi connectivity index (χ0) is 26.5. The van der Waals surface area contributed by atoms with E-state index in [1.807, 2.05) is 6.92 Å². The average Bonchev–Trinajstić information content (AvgIpc) is 2.81. The molecule has 0 saturated carbocycles. The lowest BCUT2D eigenvalue weighted by molar-refractivity contribution is -0.122. The van der Waals surface area contributed by atoms with Crippen LogP contribution in [0.2, 0.25) is 0 Å². The highest BCUT2D eigenvalue weighted by Gasteiger charge is 2.11. The van der Waals surface area contributed by atoms with Crippen LogP contribution < -0.4 is 11.5 Å². The third kappa shape index (κ3) is 38.3. The van der Waals surface area contributed by atoms with Gasteiger partial charge in [0.05, 0.1) is 0 Å². The molecule has 0 aliphatic carbocycles. The van der Waals surface area contributed by atoms with Gasteiger partial charge in [-0.05, 0) is 31.5 Å². The molecule has 4 N–H and O–H groups in total. The molecule has 0 rings (SSSR count). The molecule has 0 aliphatic rings. The second-order valence-corrected chi connectivity index (χ2v) is 10.0. The number of hydrogen-bond donors (Lipinski definition) is 2. The highest BCUT2D eigenvalue weighted by atomic mass is 32.1. The number of carbonyl (C=O) groups is 2.